The van der Waals surface area contributed by atoms with Crippen molar-refractivity contribution < 1.29 is 4.74 Å². The van der Waals surface area contributed by atoms with Crippen molar-refractivity contribution in [3.05, 3.63) is 9.77 Å². The molecule has 1 aromatic rings. The van der Waals surface area contributed by atoms with Crippen LogP contribution in [0.3, 0.4) is 0 Å². The van der Waals surface area contributed by atoms with Gasteiger partial charge in [-0.25, -0.2) is 0 Å². The Bertz CT molecular complexity index is 318. The molecule has 1 fully saturated rings. The van der Waals surface area contributed by atoms with Gasteiger partial charge in [-0.2, -0.15) is 0 Å². The summed E-state index contributed by atoms with van der Waals surface area (Å²) >= 11 is 2.27. The summed E-state index contributed by atoms with van der Waals surface area (Å²) in [5.41, 5.74) is 0. The standard InChI is InChI=1S/C11H17IN2O/c1-15-11-10(12)8-14(13-11)7-9-5-3-2-4-6-9/h8-9H,2-7H2,1H3. The average molecular weight is 320 g/mol. The Kier molecular flexibility index (Phi) is 3.88. The largest absolute Gasteiger partial charge is 0.479 e. The lowest BCUT2D eigenvalue weighted by molar-refractivity contribution is 0.302. The fourth-order valence-corrected chi connectivity index (χ4v) is 2.90. The third-order valence-electron chi connectivity index (χ3n) is 3.05. The highest BCUT2D eigenvalue weighted by Gasteiger charge is 2.15. The number of methoxy groups -OCH3 is 1. The van der Waals surface area contributed by atoms with Crippen LogP contribution in [0.1, 0.15) is 32.1 Å². The SMILES string of the molecule is COc1nn(CC2CCCCC2)cc1I. The van der Waals surface area contributed by atoms with Gasteiger partial charge in [0, 0.05) is 12.7 Å². The molecule has 0 aliphatic heterocycles. The van der Waals surface area contributed by atoms with Gasteiger partial charge in [0.2, 0.25) is 5.88 Å². The molecule has 4 heteroatoms. The average Bonchev–Trinajstić information content (AvgIpc) is 2.60. The van der Waals surface area contributed by atoms with Gasteiger partial charge in [-0.15, -0.1) is 5.10 Å². The molecule has 0 atom stereocenters. The van der Waals surface area contributed by atoms with Crippen LogP contribution in [0.4, 0.5) is 0 Å². The summed E-state index contributed by atoms with van der Waals surface area (Å²) in [7, 11) is 1.68. The Morgan fingerprint density at radius 2 is 2.20 bits per heavy atom. The number of ether oxygens (including phenoxy) is 1. The summed E-state index contributed by atoms with van der Waals surface area (Å²) in [6.45, 7) is 1.05. The fourth-order valence-electron chi connectivity index (χ4n) is 2.25. The number of nitrogens with zero attached hydrogens (tertiary/aromatic N) is 2. The van der Waals surface area contributed by atoms with Gasteiger partial charge in [0.05, 0.1) is 10.7 Å². The predicted octanol–water partition coefficient (Wildman–Crippen LogP) is 3.08. The van der Waals surface area contributed by atoms with Gasteiger partial charge in [0.25, 0.3) is 0 Å². The van der Waals surface area contributed by atoms with Crippen LogP contribution in [-0.4, -0.2) is 16.9 Å². The topological polar surface area (TPSA) is 27.1 Å². The molecule has 0 radical (unpaired) electrons. The Morgan fingerprint density at radius 3 is 2.80 bits per heavy atom. The van der Waals surface area contributed by atoms with Gasteiger partial charge in [-0.1, -0.05) is 19.3 Å². The van der Waals surface area contributed by atoms with E-state index in [1.165, 1.54) is 32.1 Å². The molecule has 1 heterocycles. The maximum Gasteiger partial charge on any atom is 0.246 e. The van der Waals surface area contributed by atoms with Gasteiger partial charge in [-0.05, 0) is 41.4 Å². The first-order valence-electron chi connectivity index (χ1n) is 5.56. The van der Waals surface area contributed by atoms with Crippen molar-refractivity contribution in [3.8, 4) is 5.88 Å². The first kappa shape index (κ1) is 11.2. The van der Waals surface area contributed by atoms with E-state index in [1.807, 2.05) is 4.68 Å². The first-order chi connectivity index (χ1) is 7.29. The van der Waals surface area contributed by atoms with Gasteiger partial charge >= 0.3 is 0 Å². The van der Waals surface area contributed by atoms with Crippen LogP contribution in [-0.2, 0) is 6.54 Å². The van der Waals surface area contributed by atoms with Gasteiger partial charge in [0.15, 0.2) is 0 Å². The number of hydrogen-bond donors (Lipinski definition) is 0. The van der Waals surface area contributed by atoms with E-state index in [-0.39, 0.29) is 0 Å². The van der Waals surface area contributed by atoms with Gasteiger partial charge in [-0.3, -0.25) is 4.68 Å². The van der Waals surface area contributed by atoms with Crippen LogP contribution < -0.4 is 4.74 Å². The molecule has 1 saturated carbocycles. The fraction of sp³-hybridized carbons (Fsp3) is 0.727. The third kappa shape index (κ3) is 2.86. The predicted molar refractivity (Wildman–Crippen MR) is 68.1 cm³/mol. The molecule has 1 aliphatic carbocycles. The number of aromatic nitrogens is 2. The van der Waals surface area contributed by atoms with Crippen molar-refractivity contribution in [1.82, 2.24) is 9.78 Å². The Labute approximate surface area is 104 Å². The Hall–Kier alpha value is -0.260. The van der Waals surface area contributed by atoms with Crippen LogP contribution in [0.25, 0.3) is 0 Å². The van der Waals surface area contributed by atoms with Gasteiger partial charge in [0.1, 0.15) is 0 Å². The summed E-state index contributed by atoms with van der Waals surface area (Å²) in [5.74, 6) is 1.57. The monoisotopic (exact) mass is 320 g/mol. The van der Waals surface area contributed by atoms with E-state index in [0.29, 0.717) is 0 Å². The van der Waals surface area contributed by atoms with Crippen molar-refractivity contribution in [2.24, 2.45) is 5.92 Å². The highest BCUT2D eigenvalue weighted by molar-refractivity contribution is 14.1. The molecular formula is C11H17IN2O. The van der Waals surface area contributed by atoms with Crippen LogP contribution in [0, 0.1) is 9.49 Å². The van der Waals surface area contributed by atoms with Crippen molar-refractivity contribution in [2.75, 3.05) is 7.11 Å². The second-order valence-electron chi connectivity index (χ2n) is 4.21. The second-order valence-corrected chi connectivity index (χ2v) is 5.37. The molecule has 0 spiro atoms. The molecular weight excluding hydrogens is 303 g/mol. The summed E-state index contributed by atoms with van der Waals surface area (Å²) in [6.07, 6.45) is 8.99. The zero-order chi connectivity index (χ0) is 10.7. The molecule has 0 N–H and O–H groups in total. The summed E-state index contributed by atoms with van der Waals surface area (Å²) in [6, 6.07) is 0. The van der Waals surface area contributed by atoms with E-state index >= 15 is 0 Å². The maximum atomic E-state index is 5.18. The smallest absolute Gasteiger partial charge is 0.246 e. The van der Waals surface area contributed by atoms with Crippen molar-refractivity contribution in [2.45, 2.75) is 38.6 Å². The first-order valence-corrected chi connectivity index (χ1v) is 6.64. The second kappa shape index (κ2) is 5.18. The lowest BCUT2D eigenvalue weighted by Crippen LogP contribution is -2.14. The molecule has 1 aliphatic rings. The van der Waals surface area contributed by atoms with Crippen LogP contribution in [0.15, 0.2) is 6.20 Å². The van der Waals surface area contributed by atoms with Crippen LogP contribution in [0.5, 0.6) is 5.88 Å². The molecule has 1 aromatic heterocycles. The molecule has 84 valence electrons. The Balaban J connectivity index is 1.97. The minimum Gasteiger partial charge on any atom is -0.479 e. The molecule has 0 bridgehead atoms. The normalized spacial score (nSPS) is 18.0. The summed E-state index contributed by atoms with van der Waals surface area (Å²) in [5, 5.41) is 4.41. The van der Waals surface area contributed by atoms with E-state index in [2.05, 4.69) is 33.9 Å². The summed E-state index contributed by atoms with van der Waals surface area (Å²) in [4.78, 5) is 0. The number of halogens is 1. The van der Waals surface area contributed by atoms with Crippen LogP contribution >= 0.6 is 22.6 Å². The number of hydrogen-bond acceptors (Lipinski definition) is 2. The molecule has 0 saturated heterocycles. The van der Waals surface area contributed by atoms with Gasteiger partial charge < -0.3 is 4.74 Å². The van der Waals surface area contributed by atoms with Crippen molar-refractivity contribution in [1.29, 1.82) is 0 Å². The molecule has 0 aromatic carbocycles. The molecule has 3 nitrogen and oxygen atoms in total. The molecule has 0 amide bonds. The zero-order valence-corrected chi connectivity index (χ0v) is 11.2. The van der Waals surface area contributed by atoms with E-state index in [0.717, 1.165) is 21.9 Å². The van der Waals surface area contributed by atoms with Crippen molar-refractivity contribution in [3.63, 3.8) is 0 Å². The lowest BCUT2D eigenvalue weighted by Gasteiger charge is -2.21. The lowest BCUT2D eigenvalue weighted by atomic mass is 9.89. The number of rotatable bonds is 3. The van der Waals surface area contributed by atoms with Crippen LogP contribution in [0.2, 0.25) is 0 Å². The maximum absolute atomic E-state index is 5.18. The molecule has 15 heavy (non-hydrogen) atoms. The zero-order valence-electron chi connectivity index (χ0n) is 9.08. The highest BCUT2D eigenvalue weighted by atomic mass is 127. The molecule has 2 rings (SSSR count). The quantitative estimate of drug-likeness (QED) is 0.801. The third-order valence-corrected chi connectivity index (χ3v) is 3.79. The Morgan fingerprint density at radius 1 is 1.47 bits per heavy atom. The van der Waals surface area contributed by atoms with E-state index in [1.54, 1.807) is 7.11 Å². The minimum absolute atomic E-state index is 0.756. The summed E-state index contributed by atoms with van der Waals surface area (Å²) < 4.78 is 8.32. The highest BCUT2D eigenvalue weighted by Crippen LogP contribution is 2.26. The van der Waals surface area contributed by atoms with Crippen molar-refractivity contribution >= 4 is 22.6 Å². The van der Waals surface area contributed by atoms with E-state index < -0.39 is 0 Å². The molecule has 0 unspecified atom stereocenters. The van der Waals surface area contributed by atoms with E-state index in [4.69, 9.17) is 4.74 Å². The minimum atomic E-state index is 0.756. The van der Waals surface area contributed by atoms with E-state index in [9.17, 15) is 0 Å².